The summed E-state index contributed by atoms with van der Waals surface area (Å²) < 4.78 is 14.9. The highest BCUT2D eigenvalue weighted by atomic mass is 19.1. The second-order valence-corrected chi connectivity index (χ2v) is 9.59. The van der Waals surface area contributed by atoms with Crippen LogP contribution in [-0.4, -0.2) is 60.2 Å². The van der Waals surface area contributed by atoms with Gasteiger partial charge in [-0.25, -0.2) is 9.37 Å². The van der Waals surface area contributed by atoms with E-state index in [1.54, 1.807) is 0 Å². The summed E-state index contributed by atoms with van der Waals surface area (Å²) in [6.07, 6.45) is 7.81. The van der Waals surface area contributed by atoms with Crippen LogP contribution < -0.4 is 25.8 Å². The summed E-state index contributed by atoms with van der Waals surface area (Å²) >= 11 is 0. The van der Waals surface area contributed by atoms with Gasteiger partial charge in [0.25, 0.3) is 0 Å². The minimum atomic E-state index is -0.540. The molecule has 1 aromatic heterocycles. The van der Waals surface area contributed by atoms with E-state index in [4.69, 9.17) is 4.98 Å². The molecule has 1 unspecified atom stereocenters. The van der Waals surface area contributed by atoms with Gasteiger partial charge in [-0.2, -0.15) is 4.98 Å². The molecule has 6 rings (SSSR count). The van der Waals surface area contributed by atoms with Crippen LogP contribution in [0.2, 0.25) is 0 Å². The Bertz CT molecular complexity index is 1070. The van der Waals surface area contributed by atoms with Gasteiger partial charge in [0.15, 0.2) is 0 Å². The van der Waals surface area contributed by atoms with Crippen molar-refractivity contribution in [3.63, 3.8) is 0 Å². The van der Waals surface area contributed by atoms with Crippen molar-refractivity contribution < 1.29 is 9.18 Å². The smallest absolute Gasteiger partial charge is 0.246 e. The standard InChI is InChI=1S/C24H30FN7O/c25-19-13-17(5-6-20(19)31-11-9-26-10-12-31)29-23-28-15-16-14-24(7-8-27-22(24)33)32(21(16)30-23)18-3-1-2-4-18/h5-6,13,15,18,26H,1-4,7-12,14H2,(H,27,33)(H,28,29,30). The van der Waals surface area contributed by atoms with Crippen molar-refractivity contribution in [1.82, 2.24) is 20.6 Å². The Morgan fingerprint density at radius 1 is 1.15 bits per heavy atom. The maximum Gasteiger partial charge on any atom is 0.246 e. The van der Waals surface area contributed by atoms with E-state index in [-0.39, 0.29) is 11.7 Å². The molecular weight excluding hydrogens is 421 g/mol. The Labute approximate surface area is 193 Å². The van der Waals surface area contributed by atoms with Crippen molar-refractivity contribution in [1.29, 1.82) is 0 Å². The number of hydrogen-bond donors (Lipinski definition) is 3. The highest BCUT2D eigenvalue weighted by Crippen LogP contribution is 2.46. The predicted octanol–water partition coefficient (Wildman–Crippen LogP) is 2.33. The SMILES string of the molecule is O=C1NCCC12Cc1cnc(Nc3ccc(N4CCNCC4)c(F)c3)nc1N2C1CCCC1. The zero-order valence-electron chi connectivity index (χ0n) is 18.7. The maximum atomic E-state index is 14.9. The molecule has 3 aliphatic heterocycles. The molecule has 1 aliphatic carbocycles. The molecule has 33 heavy (non-hydrogen) atoms. The molecule has 0 radical (unpaired) electrons. The molecular formula is C24H30FN7O. The van der Waals surface area contributed by atoms with Crippen LogP contribution in [0.25, 0.3) is 0 Å². The molecule has 1 atom stereocenters. The number of benzene rings is 1. The van der Waals surface area contributed by atoms with Gasteiger partial charge in [-0.05, 0) is 37.5 Å². The van der Waals surface area contributed by atoms with Gasteiger partial charge in [-0.3, -0.25) is 4.79 Å². The van der Waals surface area contributed by atoms with E-state index in [0.29, 0.717) is 36.3 Å². The molecule has 4 aliphatic rings. The van der Waals surface area contributed by atoms with Gasteiger partial charge in [0.2, 0.25) is 11.9 Å². The van der Waals surface area contributed by atoms with E-state index in [0.717, 1.165) is 56.8 Å². The van der Waals surface area contributed by atoms with Crippen molar-refractivity contribution in [2.45, 2.75) is 50.1 Å². The number of amides is 1. The molecule has 2 saturated heterocycles. The van der Waals surface area contributed by atoms with Gasteiger partial charge in [0, 0.05) is 62.6 Å². The second kappa shape index (κ2) is 8.13. The van der Waals surface area contributed by atoms with E-state index in [9.17, 15) is 9.18 Å². The van der Waals surface area contributed by atoms with E-state index >= 15 is 0 Å². The second-order valence-electron chi connectivity index (χ2n) is 9.59. The molecule has 174 valence electrons. The minimum absolute atomic E-state index is 0.104. The monoisotopic (exact) mass is 451 g/mol. The fraction of sp³-hybridized carbons (Fsp3) is 0.542. The molecule has 2 aromatic rings. The molecule has 8 nitrogen and oxygen atoms in total. The van der Waals surface area contributed by atoms with Crippen LogP contribution in [0.5, 0.6) is 0 Å². The summed E-state index contributed by atoms with van der Waals surface area (Å²) in [6.45, 7) is 4.01. The van der Waals surface area contributed by atoms with Crippen molar-refractivity contribution >= 4 is 29.0 Å². The van der Waals surface area contributed by atoms with Crippen molar-refractivity contribution in [2.24, 2.45) is 0 Å². The number of carbonyl (C=O) groups excluding carboxylic acids is 1. The molecule has 1 spiro atoms. The Morgan fingerprint density at radius 3 is 2.70 bits per heavy atom. The van der Waals surface area contributed by atoms with Gasteiger partial charge in [-0.15, -0.1) is 0 Å². The highest BCUT2D eigenvalue weighted by Gasteiger charge is 2.55. The number of anilines is 4. The molecule has 1 saturated carbocycles. The lowest BCUT2D eigenvalue weighted by Crippen LogP contribution is -2.56. The molecule has 3 fully saturated rings. The molecule has 9 heteroatoms. The largest absolute Gasteiger partial charge is 0.367 e. The number of fused-ring (bicyclic) bond motifs is 1. The van der Waals surface area contributed by atoms with Crippen LogP contribution >= 0.6 is 0 Å². The third-order valence-corrected chi connectivity index (χ3v) is 7.61. The average Bonchev–Trinajstić information content (AvgIpc) is 3.54. The topological polar surface area (TPSA) is 85.4 Å². The summed E-state index contributed by atoms with van der Waals surface area (Å²) in [4.78, 5) is 26.7. The molecule has 4 heterocycles. The van der Waals surface area contributed by atoms with Gasteiger partial charge in [0.1, 0.15) is 17.2 Å². The molecule has 1 amide bonds. The fourth-order valence-corrected chi connectivity index (χ4v) is 6.01. The summed E-state index contributed by atoms with van der Waals surface area (Å²) in [5.74, 6) is 1.14. The summed E-state index contributed by atoms with van der Waals surface area (Å²) in [7, 11) is 0. The Balaban J connectivity index is 1.28. The predicted molar refractivity (Wildman–Crippen MR) is 126 cm³/mol. The Kier molecular flexibility index (Phi) is 5.09. The van der Waals surface area contributed by atoms with Gasteiger partial charge in [0.05, 0.1) is 5.69 Å². The first-order valence-electron chi connectivity index (χ1n) is 12.1. The molecule has 3 N–H and O–H groups in total. The fourth-order valence-electron chi connectivity index (χ4n) is 6.01. The van der Waals surface area contributed by atoms with E-state index in [1.807, 2.05) is 18.3 Å². The number of rotatable bonds is 4. The lowest BCUT2D eigenvalue weighted by Gasteiger charge is -2.38. The van der Waals surface area contributed by atoms with Crippen LogP contribution in [0.15, 0.2) is 24.4 Å². The number of carbonyl (C=O) groups is 1. The lowest BCUT2D eigenvalue weighted by atomic mass is 9.91. The van der Waals surface area contributed by atoms with Gasteiger partial charge < -0.3 is 25.8 Å². The number of nitrogens with zero attached hydrogens (tertiary/aromatic N) is 4. The quantitative estimate of drug-likeness (QED) is 0.658. The van der Waals surface area contributed by atoms with Crippen LogP contribution in [-0.2, 0) is 11.2 Å². The summed E-state index contributed by atoms with van der Waals surface area (Å²) in [6, 6.07) is 5.53. The van der Waals surface area contributed by atoms with Crippen LogP contribution in [0.4, 0.5) is 27.5 Å². The summed E-state index contributed by atoms with van der Waals surface area (Å²) in [5, 5.41) is 9.52. The lowest BCUT2D eigenvalue weighted by molar-refractivity contribution is -0.123. The molecule has 0 bridgehead atoms. The van der Waals surface area contributed by atoms with E-state index in [2.05, 4.69) is 30.7 Å². The first-order valence-corrected chi connectivity index (χ1v) is 12.1. The number of halogens is 1. The highest BCUT2D eigenvalue weighted by molar-refractivity contribution is 5.94. The van der Waals surface area contributed by atoms with Gasteiger partial charge in [-0.1, -0.05) is 12.8 Å². The van der Waals surface area contributed by atoms with Crippen molar-refractivity contribution in [3.8, 4) is 0 Å². The van der Waals surface area contributed by atoms with Crippen LogP contribution in [0.3, 0.4) is 0 Å². The third-order valence-electron chi connectivity index (χ3n) is 7.61. The number of nitrogens with one attached hydrogen (secondary N) is 3. The van der Waals surface area contributed by atoms with E-state index < -0.39 is 5.54 Å². The first kappa shape index (κ1) is 20.7. The zero-order chi connectivity index (χ0) is 22.4. The number of hydrogen-bond acceptors (Lipinski definition) is 7. The minimum Gasteiger partial charge on any atom is -0.367 e. The molecule has 1 aromatic carbocycles. The van der Waals surface area contributed by atoms with Crippen molar-refractivity contribution in [2.75, 3.05) is 47.8 Å². The Morgan fingerprint density at radius 2 is 1.97 bits per heavy atom. The Hall–Kier alpha value is -2.94. The van der Waals surface area contributed by atoms with Crippen LogP contribution in [0, 0.1) is 5.82 Å². The van der Waals surface area contributed by atoms with Crippen molar-refractivity contribution in [3.05, 3.63) is 35.8 Å². The first-order chi connectivity index (χ1) is 16.1. The van der Waals surface area contributed by atoms with Gasteiger partial charge >= 0.3 is 0 Å². The number of aromatic nitrogens is 2. The van der Waals surface area contributed by atoms with E-state index in [1.165, 1.54) is 18.9 Å². The normalized spacial score (nSPS) is 25.1. The van der Waals surface area contributed by atoms with Crippen LogP contribution in [0.1, 0.15) is 37.7 Å². The third kappa shape index (κ3) is 3.49. The average molecular weight is 452 g/mol. The number of piperazine rings is 1. The zero-order valence-corrected chi connectivity index (χ0v) is 18.7. The summed E-state index contributed by atoms with van der Waals surface area (Å²) in [5.41, 5.74) is 1.72. The maximum absolute atomic E-state index is 14.9.